The lowest BCUT2D eigenvalue weighted by atomic mass is 10.2. The highest BCUT2D eigenvalue weighted by Crippen LogP contribution is 1.96. The number of carboxylic acid groups (broad SMARTS) is 1. The van der Waals surface area contributed by atoms with Gasteiger partial charge in [0.05, 0.1) is 0 Å². The quantitative estimate of drug-likeness (QED) is 0.640. The van der Waals surface area contributed by atoms with Crippen molar-refractivity contribution in [3.63, 3.8) is 0 Å². The van der Waals surface area contributed by atoms with Gasteiger partial charge in [-0.25, -0.2) is 9.59 Å². The molecule has 0 spiro atoms. The molecule has 3 N–H and O–H groups in total. The van der Waals surface area contributed by atoms with Gasteiger partial charge in [0.1, 0.15) is 6.04 Å². The largest absolute Gasteiger partial charge is 0.480 e. The van der Waals surface area contributed by atoms with Crippen LogP contribution in [0.2, 0.25) is 0 Å². The van der Waals surface area contributed by atoms with Crippen LogP contribution in [0, 0.1) is 0 Å². The van der Waals surface area contributed by atoms with Gasteiger partial charge in [0.2, 0.25) is 6.39 Å². The maximum Gasteiger partial charge on any atom is 0.326 e. The van der Waals surface area contributed by atoms with Crippen LogP contribution in [0.3, 0.4) is 0 Å². The van der Waals surface area contributed by atoms with E-state index < -0.39 is 18.0 Å². The van der Waals surface area contributed by atoms with E-state index in [0.717, 1.165) is 0 Å². The van der Waals surface area contributed by atoms with E-state index in [-0.39, 0.29) is 0 Å². The monoisotopic (exact) mass is 256 g/mol. The molecule has 0 saturated carbocycles. The molecule has 0 radical (unpaired) electrons. The molecule has 0 aromatic carbocycles. The zero-order valence-corrected chi connectivity index (χ0v) is 10.0. The molecule has 0 unspecified atom stereocenters. The summed E-state index contributed by atoms with van der Waals surface area (Å²) in [6, 6.07) is -1.38. The van der Waals surface area contributed by atoms with E-state index in [1.54, 1.807) is 0 Å². The molecule has 1 rings (SSSR count). The van der Waals surface area contributed by atoms with E-state index in [1.165, 1.54) is 6.39 Å². The molecule has 1 aromatic rings. The molecule has 100 valence electrons. The molecule has 0 fully saturated rings. The Morgan fingerprint density at radius 3 is 2.89 bits per heavy atom. The summed E-state index contributed by atoms with van der Waals surface area (Å²) in [7, 11) is 0. The Labute approximate surface area is 104 Å². The molecule has 2 amide bonds. The number of carbonyl (C=O) groups excluding carboxylic acids is 1. The van der Waals surface area contributed by atoms with Gasteiger partial charge in [-0.05, 0) is 6.42 Å². The van der Waals surface area contributed by atoms with Gasteiger partial charge >= 0.3 is 12.0 Å². The normalized spacial score (nSPS) is 11.8. The van der Waals surface area contributed by atoms with Gasteiger partial charge in [-0.1, -0.05) is 18.5 Å². The SMILES string of the molecule is CCC[C@H](NC(=O)NCCc1ncon1)C(=O)O. The molecule has 0 aliphatic rings. The molecule has 1 heterocycles. The first-order valence-electron chi connectivity index (χ1n) is 5.66. The molecule has 0 bridgehead atoms. The smallest absolute Gasteiger partial charge is 0.326 e. The molecule has 0 aliphatic carbocycles. The molecule has 18 heavy (non-hydrogen) atoms. The zero-order valence-electron chi connectivity index (χ0n) is 10.0. The Bertz CT molecular complexity index is 379. The van der Waals surface area contributed by atoms with Crippen LogP contribution in [-0.4, -0.2) is 39.8 Å². The lowest BCUT2D eigenvalue weighted by Crippen LogP contribution is -2.46. The summed E-state index contributed by atoms with van der Waals surface area (Å²) in [5, 5.41) is 17.3. The number of hydrogen-bond donors (Lipinski definition) is 3. The predicted molar refractivity (Wildman–Crippen MR) is 60.9 cm³/mol. The van der Waals surface area contributed by atoms with Crippen molar-refractivity contribution in [3.8, 4) is 0 Å². The number of amides is 2. The van der Waals surface area contributed by atoms with E-state index in [0.29, 0.717) is 31.6 Å². The van der Waals surface area contributed by atoms with E-state index in [4.69, 9.17) is 5.11 Å². The number of rotatable bonds is 7. The van der Waals surface area contributed by atoms with Crippen molar-refractivity contribution in [1.82, 2.24) is 20.8 Å². The molecule has 1 atom stereocenters. The number of carbonyl (C=O) groups is 2. The van der Waals surface area contributed by atoms with Gasteiger partial charge in [-0.3, -0.25) is 0 Å². The van der Waals surface area contributed by atoms with Crippen LogP contribution in [0.25, 0.3) is 0 Å². The number of aliphatic carboxylic acids is 1. The zero-order chi connectivity index (χ0) is 13.4. The van der Waals surface area contributed by atoms with E-state index in [1.807, 2.05) is 6.92 Å². The van der Waals surface area contributed by atoms with Crippen molar-refractivity contribution in [2.75, 3.05) is 6.54 Å². The van der Waals surface area contributed by atoms with Crippen molar-refractivity contribution < 1.29 is 19.2 Å². The maximum absolute atomic E-state index is 11.4. The van der Waals surface area contributed by atoms with Crippen LogP contribution in [0.1, 0.15) is 25.6 Å². The van der Waals surface area contributed by atoms with Gasteiger partial charge in [-0.2, -0.15) is 4.98 Å². The van der Waals surface area contributed by atoms with Gasteiger partial charge in [0.15, 0.2) is 5.82 Å². The summed E-state index contributed by atoms with van der Waals surface area (Å²) < 4.78 is 4.53. The number of hydrogen-bond acceptors (Lipinski definition) is 5. The number of carboxylic acids is 1. The second-order valence-corrected chi connectivity index (χ2v) is 3.68. The molecule has 8 nitrogen and oxygen atoms in total. The standard InChI is InChI=1S/C10H16N4O4/c1-2-3-7(9(15)16)13-10(17)11-5-4-8-12-6-18-14-8/h6-7H,2-5H2,1H3,(H,15,16)(H2,11,13,17)/t7-/m0/s1. The van der Waals surface area contributed by atoms with Gasteiger partial charge in [0.25, 0.3) is 0 Å². The molecular formula is C10H16N4O4. The van der Waals surface area contributed by atoms with Crippen molar-refractivity contribution in [1.29, 1.82) is 0 Å². The highest BCUT2D eigenvalue weighted by molar-refractivity contribution is 5.82. The Morgan fingerprint density at radius 2 is 2.33 bits per heavy atom. The summed E-state index contributed by atoms with van der Waals surface area (Å²) in [5.41, 5.74) is 0. The molecular weight excluding hydrogens is 240 g/mol. The average Bonchev–Trinajstić information content (AvgIpc) is 2.81. The lowest BCUT2D eigenvalue weighted by molar-refractivity contribution is -0.139. The summed E-state index contributed by atoms with van der Waals surface area (Å²) in [4.78, 5) is 26.0. The third-order valence-corrected chi connectivity index (χ3v) is 2.22. The highest BCUT2D eigenvalue weighted by atomic mass is 16.5. The first-order chi connectivity index (χ1) is 8.63. The fourth-order valence-electron chi connectivity index (χ4n) is 1.35. The van der Waals surface area contributed by atoms with Crippen molar-refractivity contribution in [2.24, 2.45) is 0 Å². The van der Waals surface area contributed by atoms with Crippen LogP contribution in [0.5, 0.6) is 0 Å². The minimum absolute atomic E-state index is 0.309. The van der Waals surface area contributed by atoms with Crippen molar-refractivity contribution in [3.05, 3.63) is 12.2 Å². The van der Waals surface area contributed by atoms with E-state index in [9.17, 15) is 9.59 Å². The van der Waals surface area contributed by atoms with Gasteiger partial charge < -0.3 is 20.3 Å². The summed E-state index contributed by atoms with van der Waals surface area (Å²) in [5.74, 6) is -0.552. The van der Waals surface area contributed by atoms with Crippen LogP contribution in [0.4, 0.5) is 4.79 Å². The first kappa shape index (κ1) is 13.9. The Morgan fingerprint density at radius 1 is 1.56 bits per heavy atom. The molecule has 0 aliphatic heterocycles. The van der Waals surface area contributed by atoms with Crippen molar-refractivity contribution in [2.45, 2.75) is 32.2 Å². The third kappa shape index (κ3) is 4.81. The van der Waals surface area contributed by atoms with Crippen LogP contribution in [-0.2, 0) is 11.2 Å². The first-order valence-corrected chi connectivity index (χ1v) is 5.66. The molecule has 8 heteroatoms. The summed E-state index contributed by atoms with van der Waals surface area (Å²) in [6.45, 7) is 2.16. The van der Waals surface area contributed by atoms with E-state index >= 15 is 0 Å². The number of nitrogens with zero attached hydrogens (tertiary/aromatic N) is 2. The van der Waals surface area contributed by atoms with E-state index in [2.05, 4.69) is 25.3 Å². The Hall–Kier alpha value is -2.12. The minimum atomic E-state index is -1.04. The second-order valence-electron chi connectivity index (χ2n) is 3.68. The second kappa shape index (κ2) is 7.25. The van der Waals surface area contributed by atoms with Crippen LogP contribution < -0.4 is 10.6 Å². The maximum atomic E-state index is 11.4. The third-order valence-electron chi connectivity index (χ3n) is 2.22. The summed E-state index contributed by atoms with van der Waals surface area (Å²) >= 11 is 0. The fraction of sp³-hybridized carbons (Fsp3) is 0.600. The molecule has 0 saturated heterocycles. The van der Waals surface area contributed by atoms with Gasteiger partial charge in [-0.15, -0.1) is 0 Å². The fourth-order valence-corrected chi connectivity index (χ4v) is 1.35. The number of aromatic nitrogens is 2. The molecule has 1 aromatic heterocycles. The highest BCUT2D eigenvalue weighted by Gasteiger charge is 2.18. The summed E-state index contributed by atoms with van der Waals surface area (Å²) in [6.07, 6.45) is 2.71. The Kier molecular flexibility index (Phi) is 5.62. The lowest BCUT2D eigenvalue weighted by Gasteiger charge is -2.13. The van der Waals surface area contributed by atoms with Crippen molar-refractivity contribution >= 4 is 12.0 Å². The predicted octanol–water partition coefficient (Wildman–Crippen LogP) is 0.165. The average molecular weight is 256 g/mol. The van der Waals surface area contributed by atoms with Crippen LogP contribution in [0.15, 0.2) is 10.9 Å². The number of nitrogens with one attached hydrogen (secondary N) is 2. The van der Waals surface area contributed by atoms with Gasteiger partial charge in [0, 0.05) is 13.0 Å². The minimum Gasteiger partial charge on any atom is -0.480 e. The van der Waals surface area contributed by atoms with Crippen LogP contribution >= 0.6 is 0 Å². The topological polar surface area (TPSA) is 117 Å². The Balaban J connectivity index is 2.25. The number of urea groups is 1.